The molecular weight excluding hydrogens is 267 g/mol. The lowest BCUT2D eigenvalue weighted by atomic mass is 9.79. The van der Waals surface area contributed by atoms with Crippen LogP contribution in [0.5, 0.6) is 0 Å². The first-order chi connectivity index (χ1) is 8.70. The Morgan fingerprint density at radius 2 is 1.83 bits per heavy atom. The van der Waals surface area contributed by atoms with Gasteiger partial charge in [-0.25, -0.2) is 0 Å². The van der Waals surface area contributed by atoms with E-state index in [0.29, 0.717) is 11.8 Å². The van der Waals surface area contributed by atoms with Gasteiger partial charge in [0.2, 0.25) is 0 Å². The van der Waals surface area contributed by atoms with E-state index in [4.69, 9.17) is 23.2 Å². The van der Waals surface area contributed by atoms with Crippen molar-refractivity contribution in [3.05, 3.63) is 53.9 Å². The molecule has 0 fully saturated rings. The first-order valence-corrected chi connectivity index (χ1v) is 6.92. The SMILES string of the molecule is Cn1cc(CC(CCl)(CCl)c2ccccc2)cn1. The van der Waals surface area contributed by atoms with Gasteiger partial charge >= 0.3 is 0 Å². The molecule has 0 saturated carbocycles. The number of nitrogens with zero attached hydrogens (tertiary/aromatic N) is 2. The zero-order valence-electron chi connectivity index (χ0n) is 10.3. The molecular formula is C14H16Cl2N2. The van der Waals surface area contributed by atoms with E-state index in [-0.39, 0.29) is 5.41 Å². The second kappa shape index (κ2) is 5.77. The Bertz CT molecular complexity index is 490. The zero-order valence-corrected chi connectivity index (χ0v) is 11.8. The maximum absolute atomic E-state index is 6.20. The molecule has 0 atom stereocenters. The number of alkyl halides is 2. The Morgan fingerprint density at radius 3 is 2.33 bits per heavy atom. The summed E-state index contributed by atoms with van der Waals surface area (Å²) in [6, 6.07) is 10.2. The maximum atomic E-state index is 6.20. The summed E-state index contributed by atoms with van der Waals surface area (Å²) in [4.78, 5) is 0. The quantitative estimate of drug-likeness (QED) is 0.769. The predicted molar refractivity (Wildman–Crippen MR) is 76.5 cm³/mol. The lowest BCUT2D eigenvalue weighted by molar-refractivity contribution is 0.536. The van der Waals surface area contributed by atoms with Crippen LogP contribution in [0.1, 0.15) is 11.1 Å². The fourth-order valence-electron chi connectivity index (χ4n) is 2.13. The van der Waals surface area contributed by atoms with Crippen LogP contribution in [0.2, 0.25) is 0 Å². The van der Waals surface area contributed by atoms with Crippen LogP contribution in [0.4, 0.5) is 0 Å². The summed E-state index contributed by atoms with van der Waals surface area (Å²) in [5.74, 6) is 0.991. The Hall–Kier alpha value is -0.990. The van der Waals surface area contributed by atoms with Gasteiger partial charge in [-0.2, -0.15) is 5.10 Å². The molecule has 1 aromatic carbocycles. The minimum atomic E-state index is -0.229. The van der Waals surface area contributed by atoms with E-state index in [1.165, 1.54) is 5.56 Å². The molecule has 0 amide bonds. The van der Waals surface area contributed by atoms with E-state index < -0.39 is 0 Å². The monoisotopic (exact) mass is 282 g/mol. The molecule has 0 spiro atoms. The van der Waals surface area contributed by atoms with Crippen molar-refractivity contribution < 1.29 is 0 Å². The highest BCUT2D eigenvalue weighted by Crippen LogP contribution is 2.31. The first kappa shape index (κ1) is 13.4. The fourth-order valence-corrected chi connectivity index (χ4v) is 2.92. The highest BCUT2D eigenvalue weighted by Gasteiger charge is 2.31. The van der Waals surface area contributed by atoms with Crippen molar-refractivity contribution in [2.24, 2.45) is 7.05 Å². The third-order valence-electron chi connectivity index (χ3n) is 3.20. The summed E-state index contributed by atoms with van der Waals surface area (Å²) in [6.45, 7) is 0. The molecule has 1 heterocycles. The van der Waals surface area contributed by atoms with Crippen molar-refractivity contribution in [1.29, 1.82) is 0 Å². The van der Waals surface area contributed by atoms with Crippen LogP contribution in [0.25, 0.3) is 0 Å². The van der Waals surface area contributed by atoms with E-state index in [1.807, 2.05) is 37.6 Å². The van der Waals surface area contributed by atoms with Gasteiger partial charge in [-0.3, -0.25) is 4.68 Å². The van der Waals surface area contributed by atoms with Crippen molar-refractivity contribution in [3.63, 3.8) is 0 Å². The van der Waals surface area contributed by atoms with Gasteiger partial charge < -0.3 is 0 Å². The smallest absolute Gasteiger partial charge is 0.0521 e. The average molecular weight is 283 g/mol. The molecule has 96 valence electrons. The van der Waals surface area contributed by atoms with Gasteiger partial charge in [0.05, 0.1) is 6.20 Å². The van der Waals surface area contributed by atoms with E-state index in [0.717, 1.165) is 12.0 Å². The number of rotatable bonds is 5. The lowest BCUT2D eigenvalue weighted by Gasteiger charge is -2.29. The normalized spacial score (nSPS) is 11.7. The summed E-state index contributed by atoms with van der Waals surface area (Å²) >= 11 is 12.4. The molecule has 0 aliphatic rings. The van der Waals surface area contributed by atoms with Crippen LogP contribution in [-0.2, 0) is 18.9 Å². The molecule has 0 N–H and O–H groups in total. The molecule has 2 rings (SSSR count). The Morgan fingerprint density at radius 1 is 1.17 bits per heavy atom. The molecule has 2 aromatic rings. The number of hydrogen-bond donors (Lipinski definition) is 0. The van der Waals surface area contributed by atoms with Crippen molar-refractivity contribution in [2.75, 3.05) is 11.8 Å². The van der Waals surface area contributed by atoms with Gasteiger partial charge in [-0.1, -0.05) is 30.3 Å². The van der Waals surface area contributed by atoms with E-state index in [9.17, 15) is 0 Å². The molecule has 18 heavy (non-hydrogen) atoms. The molecule has 0 aliphatic heterocycles. The number of halogens is 2. The molecule has 0 bridgehead atoms. The standard InChI is InChI=1S/C14H16Cl2N2/c1-18-9-12(8-17-18)7-14(10-15,11-16)13-5-3-2-4-6-13/h2-6,8-9H,7,10-11H2,1H3. The van der Waals surface area contributed by atoms with Gasteiger partial charge in [0, 0.05) is 30.4 Å². The topological polar surface area (TPSA) is 17.8 Å². The minimum absolute atomic E-state index is 0.229. The molecule has 0 unspecified atom stereocenters. The number of aromatic nitrogens is 2. The summed E-state index contributed by atoms with van der Waals surface area (Å²) in [5, 5.41) is 4.19. The first-order valence-electron chi connectivity index (χ1n) is 5.85. The summed E-state index contributed by atoms with van der Waals surface area (Å²) in [6.07, 6.45) is 4.69. The molecule has 2 nitrogen and oxygen atoms in total. The van der Waals surface area contributed by atoms with Gasteiger partial charge in [-0.05, 0) is 17.5 Å². The van der Waals surface area contributed by atoms with Crippen LogP contribution in [-0.4, -0.2) is 21.5 Å². The Labute approximate surface area is 118 Å². The van der Waals surface area contributed by atoms with E-state index in [1.54, 1.807) is 4.68 Å². The highest BCUT2D eigenvalue weighted by molar-refractivity contribution is 6.22. The summed E-state index contributed by atoms with van der Waals surface area (Å²) < 4.78 is 1.80. The zero-order chi connectivity index (χ0) is 13.0. The predicted octanol–water partition coefficient (Wildman–Crippen LogP) is 3.38. The number of aryl methyl sites for hydroxylation is 1. The second-order valence-electron chi connectivity index (χ2n) is 4.61. The Balaban J connectivity index is 2.32. The molecule has 4 heteroatoms. The third kappa shape index (κ3) is 2.70. The molecule has 1 aromatic heterocycles. The summed E-state index contributed by atoms with van der Waals surface area (Å²) in [7, 11) is 1.91. The van der Waals surface area contributed by atoms with E-state index >= 15 is 0 Å². The number of hydrogen-bond acceptors (Lipinski definition) is 1. The molecule has 0 saturated heterocycles. The van der Waals surface area contributed by atoms with E-state index in [2.05, 4.69) is 17.2 Å². The van der Waals surface area contributed by atoms with Crippen LogP contribution in [0, 0.1) is 0 Å². The van der Waals surface area contributed by atoms with Crippen LogP contribution in [0.15, 0.2) is 42.7 Å². The van der Waals surface area contributed by atoms with Crippen LogP contribution in [0.3, 0.4) is 0 Å². The van der Waals surface area contributed by atoms with Gasteiger partial charge in [0.1, 0.15) is 0 Å². The third-order valence-corrected chi connectivity index (χ3v) is 4.22. The Kier molecular flexibility index (Phi) is 4.31. The lowest BCUT2D eigenvalue weighted by Crippen LogP contribution is -2.33. The van der Waals surface area contributed by atoms with Crippen molar-refractivity contribution in [3.8, 4) is 0 Å². The molecule has 0 aliphatic carbocycles. The van der Waals surface area contributed by atoms with Gasteiger partial charge in [-0.15, -0.1) is 23.2 Å². The van der Waals surface area contributed by atoms with Crippen LogP contribution < -0.4 is 0 Å². The largest absolute Gasteiger partial charge is 0.276 e. The average Bonchev–Trinajstić information content (AvgIpc) is 2.82. The minimum Gasteiger partial charge on any atom is -0.276 e. The fraction of sp³-hybridized carbons (Fsp3) is 0.357. The summed E-state index contributed by atoms with van der Waals surface area (Å²) in [5.41, 5.74) is 2.11. The van der Waals surface area contributed by atoms with Gasteiger partial charge in [0.15, 0.2) is 0 Å². The second-order valence-corrected chi connectivity index (χ2v) is 5.15. The number of benzene rings is 1. The molecule has 0 radical (unpaired) electrons. The van der Waals surface area contributed by atoms with Crippen molar-refractivity contribution in [1.82, 2.24) is 9.78 Å². The highest BCUT2D eigenvalue weighted by atomic mass is 35.5. The maximum Gasteiger partial charge on any atom is 0.0521 e. The van der Waals surface area contributed by atoms with Crippen molar-refractivity contribution >= 4 is 23.2 Å². The van der Waals surface area contributed by atoms with Crippen molar-refractivity contribution in [2.45, 2.75) is 11.8 Å². The van der Waals surface area contributed by atoms with Gasteiger partial charge in [0.25, 0.3) is 0 Å². The van der Waals surface area contributed by atoms with Crippen LogP contribution >= 0.6 is 23.2 Å².